The third-order valence-electron chi connectivity index (χ3n) is 3.16. The summed E-state index contributed by atoms with van der Waals surface area (Å²) < 4.78 is 4.95. The number of nitrogens with two attached hydrogens (primary N) is 1. The molecule has 0 atom stereocenters. The van der Waals surface area contributed by atoms with Gasteiger partial charge in [-0.05, 0) is 18.9 Å². The standard InChI is InChI=1S/C12H18N2O2/c13-6-7-14(11-3-1-2-4-11)12(15)10-5-8-16-9-10/h5,8-9,11H,1-4,6-7,13H2. The van der Waals surface area contributed by atoms with E-state index in [1.807, 2.05) is 4.90 Å². The Labute approximate surface area is 95.4 Å². The summed E-state index contributed by atoms with van der Waals surface area (Å²) in [7, 11) is 0. The van der Waals surface area contributed by atoms with Gasteiger partial charge in [0.1, 0.15) is 6.26 Å². The van der Waals surface area contributed by atoms with Gasteiger partial charge < -0.3 is 15.1 Å². The van der Waals surface area contributed by atoms with E-state index >= 15 is 0 Å². The molecule has 1 amide bonds. The van der Waals surface area contributed by atoms with Crippen molar-refractivity contribution >= 4 is 5.91 Å². The molecule has 0 radical (unpaired) electrons. The number of amides is 1. The minimum absolute atomic E-state index is 0.0473. The first kappa shape index (κ1) is 11.2. The molecular weight excluding hydrogens is 204 g/mol. The first-order chi connectivity index (χ1) is 7.83. The molecule has 0 aromatic carbocycles. The van der Waals surface area contributed by atoms with E-state index in [2.05, 4.69) is 0 Å². The first-order valence-corrected chi connectivity index (χ1v) is 5.86. The number of nitrogens with zero attached hydrogens (tertiary/aromatic N) is 1. The number of furan rings is 1. The Kier molecular flexibility index (Phi) is 3.62. The zero-order chi connectivity index (χ0) is 11.4. The van der Waals surface area contributed by atoms with Crippen LogP contribution >= 0.6 is 0 Å². The summed E-state index contributed by atoms with van der Waals surface area (Å²) in [5.74, 6) is 0.0473. The van der Waals surface area contributed by atoms with Crippen LogP contribution in [0.1, 0.15) is 36.0 Å². The van der Waals surface area contributed by atoms with Crippen molar-refractivity contribution in [3.8, 4) is 0 Å². The maximum absolute atomic E-state index is 12.2. The van der Waals surface area contributed by atoms with Gasteiger partial charge in [0.05, 0.1) is 11.8 Å². The predicted octanol–water partition coefficient (Wildman–Crippen LogP) is 1.62. The quantitative estimate of drug-likeness (QED) is 0.842. The third kappa shape index (κ3) is 2.27. The molecule has 1 saturated carbocycles. The highest BCUT2D eigenvalue weighted by atomic mass is 16.3. The molecule has 4 heteroatoms. The van der Waals surface area contributed by atoms with E-state index in [1.54, 1.807) is 6.07 Å². The Bertz CT molecular complexity index is 329. The molecule has 0 unspecified atom stereocenters. The van der Waals surface area contributed by atoms with E-state index in [9.17, 15) is 4.79 Å². The van der Waals surface area contributed by atoms with Gasteiger partial charge in [-0.15, -0.1) is 0 Å². The molecule has 0 spiro atoms. The van der Waals surface area contributed by atoms with Crippen LogP contribution in [0.25, 0.3) is 0 Å². The molecule has 1 aromatic rings. The summed E-state index contributed by atoms with van der Waals surface area (Å²) in [5.41, 5.74) is 6.20. The summed E-state index contributed by atoms with van der Waals surface area (Å²) >= 11 is 0. The zero-order valence-electron chi connectivity index (χ0n) is 9.39. The second-order valence-corrected chi connectivity index (χ2v) is 4.24. The van der Waals surface area contributed by atoms with E-state index in [4.69, 9.17) is 10.2 Å². The van der Waals surface area contributed by atoms with Gasteiger partial charge in [-0.3, -0.25) is 4.79 Å². The second kappa shape index (κ2) is 5.16. The molecule has 0 aliphatic heterocycles. The minimum atomic E-state index is 0.0473. The topological polar surface area (TPSA) is 59.5 Å². The summed E-state index contributed by atoms with van der Waals surface area (Å²) in [6, 6.07) is 2.08. The average Bonchev–Trinajstić information content (AvgIpc) is 2.96. The van der Waals surface area contributed by atoms with Gasteiger partial charge in [0.15, 0.2) is 0 Å². The molecule has 4 nitrogen and oxygen atoms in total. The average molecular weight is 222 g/mol. The Morgan fingerprint density at radius 2 is 2.25 bits per heavy atom. The maximum Gasteiger partial charge on any atom is 0.257 e. The van der Waals surface area contributed by atoms with Gasteiger partial charge in [-0.1, -0.05) is 12.8 Å². The maximum atomic E-state index is 12.2. The van der Waals surface area contributed by atoms with E-state index < -0.39 is 0 Å². The predicted molar refractivity (Wildman–Crippen MR) is 61.1 cm³/mol. The van der Waals surface area contributed by atoms with Crippen LogP contribution in [0.2, 0.25) is 0 Å². The van der Waals surface area contributed by atoms with Crippen molar-refractivity contribution in [3.63, 3.8) is 0 Å². The Balaban J connectivity index is 2.09. The van der Waals surface area contributed by atoms with Gasteiger partial charge >= 0.3 is 0 Å². The highest BCUT2D eigenvalue weighted by Crippen LogP contribution is 2.24. The van der Waals surface area contributed by atoms with Crippen LogP contribution in [0.5, 0.6) is 0 Å². The molecule has 16 heavy (non-hydrogen) atoms. The number of rotatable bonds is 4. The van der Waals surface area contributed by atoms with Crippen LogP contribution in [-0.4, -0.2) is 29.9 Å². The zero-order valence-corrected chi connectivity index (χ0v) is 9.39. The smallest absolute Gasteiger partial charge is 0.257 e. The first-order valence-electron chi connectivity index (χ1n) is 5.86. The lowest BCUT2D eigenvalue weighted by molar-refractivity contribution is 0.0687. The fourth-order valence-electron chi connectivity index (χ4n) is 2.36. The number of carbonyl (C=O) groups is 1. The molecule has 1 aliphatic rings. The fraction of sp³-hybridized carbons (Fsp3) is 0.583. The lowest BCUT2D eigenvalue weighted by Crippen LogP contribution is -2.41. The van der Waals surface area contributed by atoms with E-state index in [1.165, 1.54) is 25.4 Å². The number of hydrogen-bond acceptors (Lipinski definition) is 3. The van der Waals surface area contributed by atoms with Crippen molar-refractivity contribution in [1.82, 2.24) is 4.90 Å². The second-order valence-electron chi connectivity index (χ2n) is 4.24. The third-order valence-corrected chi connectivity index (χ3v) is 3.16. The molecule has 1 fully saturated rings. The molecule has 0 bridgehead atoms. The van der Waals surface area contributed by atoms with Crippen LogP contribution in [0.15, 0.2) is 23.0 Å². The van der Waals surface area contributed by atoms with Crippen molar-refractivity contribution < 1.29 is 9.21 Å². The van der Waals surface area contributed by atoms with Crippen molar-refractivity contribution in [1.29, 1.82) is 0 Å². The summed E-state index contributed by atoms with van der Waals surface area (Å²) in [6.07, 6.45) is 7.66. The fourth-order valence-corrected chi connectivity index (χ4v) is 2.36. The SMILES string of the molecule is NCCN(C(=O)c1ccoc1)C1CCCC1. The lowest BCUT2D eigenvalue weighted by Gasteiger charge is -2.28. The molecule has 2 N–H and O–H groups in total. The Hall–Kier alpha value is -1.29. The van der Waals surface area contributed by atoms with Crippen molar-refractivity contribution in [3.05, 3.63) is 24.2 Å². The van der Waals surface area contributed by atoms with E-state index in [0.717, 1.165) is 12.8 Å². The normalized spacial score (nSPS) is 16.6. The Morgan fingerprint density at radius 3 is 2.81 bits per heavy atom. The minimum Gasteiger partial charge on any atom is -0.472 e. The lowest BCUT2D eigenvalue weighted by atomic mass is 10.1. The molecule has 1 heterocycles. The molecule has 2 rings (SSSR count). The molecule has 0 saturated heterocycles. The Morgan fingerprint density at radius 1 is 1.50 bits per heavy atom. The van der Waals surface area contributed by atoms with E-state index in [-0.39, 0.29) is 5.91 Å². The van der Waals surface area contributed by atoms with Crippen LogP contribution in [0, 0.1) is 0 Å². The molecule has 88 valence electrons. The largest absolute Gasteiger partial charge is 0.472 e. The van der Waals surface area contributed by atoms with Crippen molar-refractivity contribution in [2.75, 3.05) is 13.1 Å². The summed E-state index contributed by atoms with van der Waals surface area (Å²) in [5, 5.41) is 0. The van der Waals surface area contributed by atoms with Crippen molar-refractivity contribution in [2.24, 2.45) is 5.73 Å². The summed E-state index contributed by atoms with van der Waals surface area (Å²) in [4.78, 5) is 14.1. The van der Waals surface area contributed by atoms with Crippen LogP contribution in [0.4, 0.5) is 0 Å². The monoisotopic (exact) mass is 222 g/mol. The van der Waals surface area contributed by atoms with Crippen LogP contribution in [0.3, 0.4) is 0 Å². The highest BCUT2D eigenvalue weighted by Gasteiger charge is 2.27. The van der Waals surface area contributed by atoms with Crippen molar-refractivity contribution in [2.45, 2.75) is 31.7 Å². The highest BCUT2D eigenvalue weighted by molar-refractivity contribution is 5.94. The van der Waals surface area contributed by atoms with Gasteiger partial charge in [0.2, 0.25) is 0 Å². The van der Waals surface area contributed by atoms with E-state index in [0.29, 0.717) is 24.7 Å². The van der Waals surface area contributed by atoms with Gasteiger partial charge in [-0.25, -0.2) is 0 Å². The number of hydrogen-bond donors (Lipinski definition) is 1. The van der Waals surface area contributed by atoms with Crippen LogP contribution in [-0.2, 0) is 0 Å². The molecular formula is C12H18N2O2. The summed E-state index contributed by atoms with van der Waals surface area (Å²) in [6.45, 7) is 1.15. The number of carbonyl (C=O) groups excluding carboxylic acids is 1. The van der Waals surface area contributed by atoms with Gasteiger partial charge in [0.25, 0.3) is 5.91 Å². The van der Waals surface area contributed by atoms with Crippen LogP contribution < -0.4 is 5.73 Å². The van der Waals surface area contributed by atoms with Gasteiger partial charge in [0, 0.05) is 19.1 Å². The van der Waals surface area contributed by atoms with Gasteiger partial charge in [-0.2, -0.15) is 0 Å². The molecule has 1 aromatic heterocycles. The molecule has 1 aliphatic carbocycles.